The van der Waals surface area contributed by atoms with Gasteiger partial charge in [0.05, 0.1) is 20.0 Å². The lowest BCUT2D eigenvalue weighted by molar-refractivity contribution is -0.131. The second-order valence-electron chi connectivity index (χ2n) is 7.05. The summed E-state index contributed by atoms with van der Waals surface area (Å²) in [6.07, 6.45) is 9.97. The van der Waals surface area contributed by atoms with Gasteiger partial charge in [-0.2, -0.15) is 8.42 Å². The molecule has 0 saturated carbocycles. The van der Waals surface area contributed by atoms with Gasteiger partial charge in [-0.3, -0.25) is 0 Å². The van der Waals surface area contributed by atoms with Crippen LogP contribution in [0.25, 0.3) is 12.2 Å². The van der Waals surface area contributed by atoms with E-state index in [0.717, 1.165) is 41.9 Å². The Balaban J connectivity index is 2.19. The summed E-state index contributed by atoms with van der Waals surface area (Å²) < 4.78 is 38.8. The lowest BCUT2D eigenvalue weighted by Crippen LogP contribution is -2.07. The van der Waals surface area contributed by atoms with Crippen LogP contribution in [0.15, 0.2) is 48.6 Å². The van der Waals surface area contributed by atoms with Crippen LogP contribution in [0.2, 0.25) is 0 Å². The molecule has 1 N–H and O–H groups in total. The summed E-state index contributed by atoms with van der Waals surface area (Å²) in [5, 5.41) is 8.83. The highest BCUT2D eigenvalue weighted by molar-refractivity contribution is 7.86. The summed E-state index contributed by atoms with van der Waals surface area (Å²) in [5.41, 5.74) is 2.52. The zero-order valence-corrected chi connectivity index (χ0v) is 19.2. The van der Waals surface area contributed by atoms with Gasteiger partial charge in [0.2, 0.25) is 0 Å². The predicted octanol–water partition coefficient (Wildman–Crippen LogP) is 4.57. The van der Waals surface area contributed by atoms with Gasteiger partial charge in [0, 0.05) is 11.6 Å². The van der Waals surface area contributed by atoms with Gasteiger partial charge in [-0.25, -0.2) is 4.79 Å². The number of hydrogen-bond donors (Lipinski definition) is 1. The largest absolute Gasteiger partial charge is 0.493 e. The maximum absolute atomic E-state index is 11.4. The third kappa shape index (κ3) is 8.47. The number of allylic oxidation sites excluding steroid dienone is 1. The Hall–Kier alpha value is -3.26. The Morgan fingerprint density at radius 2 is 1.84 bits per heavy atom. The van der Waals surface area contributed by atoms with Crippen LogP contribution >= 0.6 is 0 Å². The van der Waals surface area contributed by atoms with Crippen molar-refractivity contribution in [3.05, 3.63) is 65.2 Å². The van der Waals surface area contributed by atoms with Gasteiger partial charge >= 0.3 is 16.1 Å². The third-order valence-electron chi connectivity index (χ3n) is 4.33. The highest BCUT2D eigenvalue weighted by Gasteiger charge is 2.11. The summed E-state index contributed by atoms with van der Waals surface area (Å²) in [7, 11) is -2.20. The molecule has 0 saturated heterocycles. The van der Waals surface area contributed by atoms with Crippen LogP contribution in [0.3, 0.4) is 0 Å². The first-order valence-electron chi connectivity index (χ1n) is 10.1. The summed E-state index contributed by atoms with van der Waals surface area (Å²) in [4.78, 5) is 10.8. The monoisotopic (exact) mass is 460 g/mol. The predicted molar refractivity (Wildman–Crippen MR) is 125 cm³/mol. The molecule has 0 atom stereocenters. The molecule has 0 aliphatic carbocycles. The standard InChI is InChI=1S/C24H28O7S/c1-4-5-15-30-22-16-19(11-14-24(25)26)9-12-20(22)8-6-7-18-10-13-21(23(17-18)29-2)31-32(3,27)28/h6,8-14,16-17H,4-5,7,15H2,1-3H3,(H,25,26). The Labute approximate surface area is 189 Å². The third-order valence-corrected chi connectivity index (χ3v) is 4.81. The molecule has 0 radical (unpaired) electrons. The number of benzene rings is 2. The molecule has 0 aliphatic heterocycles. The Bertz CT molecular complexity index is 1090. The molecule has 2 rings (SSSR count). The fourth-order valence-corrected chi connectivity index (χ4v) is 3.27. The number of rotatable bonds is 12. The molecule has 0 fully saturated rings. The fraction of sp³-hybridized carbons (Fsp3) is 0.292. The van der Waals surface area contributed by atoms with Crippen molar-refractivity contribution in [2.24, 2.45) is 0 Å². The molecule has 0 spiro atoms. The molecular weight excluding hydrogens is 432 g/mol. The quantitative estimate of drug-likeness (QED) is 0.281. The van der Waals surface area contributed by atoms with Crippen molar-refractivity contribution >= 4 is 28.2 Å². The van der Waals surface area contributed by atoms with Crippen LogP contribution in [0.5, 0.6) is 17.2 Å². The van der Waals surface area contributed by atoms with Gasteiger partial charge in [0.15, 0.2) is 11.5 Å². The average Bonchev–Trinajstić information content (AvgIpc) is 2.73. The maximum atomic E-state index is 11.4. The maximum Gasteiger partial charge on any atom is 0.328 e. The summed E-state index contributed by atoms with van der Waals surface area (Å²) in [5.74, 6) is 0.140. The van der Waals surface area contributed by atoms with Crippen LogP contribution in [0, 0.1) is 0 Å². The Morgan fingerprint density at radius 1 is 1.06 bits per heavy atom. The van der Waals surface area contributed by atoms with Crippen molar-refractivity contribution in [1.29, 1.82) is 0 Å². The zero-order chi connectivity index (χ0) is 23.6. The molecule has 7 nitrogen and oxygen atoms in total. The van der Waals surface area contributed by atoms with Crippen LogP contribution in [-0.2, 0) is 21.3 Å². The molecule has 32 heavy (non-hydrogen) atoms. The fourth-order valence-electron chi connectivity index (χ4n) is 2.80. The van der Waals surface area contributed by atoms with Crippen LogP contribution in [-0.4, -0.2) is 39.5 Å². The van der Waals surface area contributed by atoms with Gasteiger partial charge in [0.25, 0.3) is 0 Å². The molecule has 0 unspecified atom stereocenters. The van der Waals surface area contributed by atoms with Gasteiger partial charge < -0.3 is 18.8 Å². The lowest BCUT2D eigenvalue weighted by atomic mass is 10.1. The number of unbranched alkanes of at least 4 members (excludes halogenated alkanes) is 1. The van der Waals surface area contributed by atoms with Crippen LogP contribution in [0.4, 0.5) is 0 Å². The zero-order valence-electron chi connectivity index (χ0n) is 18.4. The minimum atomic E-state index is -3.65. The van der Waals surface area contributed by atoms with E-state index in [1.165, 1.54) is 13.2 Å². The molecular formula is C24H28O7S. The number of hydrogen-bond acceptors (Lipinski definition) is 6. The van der Waals surface area contributed by atoms with Crippen LogP contribution < -0.4 is 13.7 Å². The Kier molecular flexibility index (Phi) is 9.34. The van der Waals surface area contributed by atoms with E-state index in [2.05, 4.69) is 6.92 Å². The molecule has 0 bridgehead atoms. The normalized spacial score (nSPS) is 11.7. The van der Waals surface area contributed by atoms with E-state index in [9.17, 15) is 13.2 Å². The van der Waals surface area contributed by atoms with Crippen molar-refractivity contribution in [3.63, 3.8) is 0 Å². The number of carboxylic acid groups (broad SMARTS) is 1. The molecule has 172 valence electrons. The summed E-state index contributed by atoms with van der Waals surface area (Å²) >= 11 is 0. The van der Waals surface area contributed by atoms with Gasteiger partial charge in [-0.15, -0.1) is 0 Å². The van der Waals surface area contributed by atoms with Crippen LogP contribution in [0.1, 0.15) is 36.5 Å². The van der Waals surface area contributed by atoms with E-state index in [4.69, 9.17) is 18.8 Å². The van der Waals surface area contributed by atoms with E-state index in [1.54, 1.807) is 18.2 Å². The van der Waals surface area contributed by atoms with E-state index < -0.39 is 16.1 Å². The lowest BCUT2D eigenvalue weighted by Gasteiger charge is -2.11. The molecule has 0 aromatic heterocycles. The topological polar surface area (TPSA) is 99.1 Å². The van der Waals surface area contributed by atoms with Gasteiger partial charge in [-0.1, -0.05) is 43.7 Å². The highest BCUT2D eigenvalue weighted by atomic mass is 32.2. The highest BCUT2D eigenvalue weighted by Crippen LogP contribution is 2.30. The average molecular weight is 461 g/mol. The Morgan fingerprint density at radius 3 is 2.50 bits per heavy atom. The molecule has 0 amide bonds. The van der Waals surface area contributed by atoms with Crippen molar-refractivity contribution < 1.29 is 32.0 Å². The number of ether oxygens (including phenoxy) is 2. The van der Waals surface area contributed by atoms with Gasteiger partial charge in [0.1, 0.15) is 5.75 Å². The summed E-state index contributed by atoms with van der Waals surface area (Å²) in [6, 6.07) is 10.6. The van der Waals surface area contributed by atoms with Crippen molar-refractivity contribution in [2.75, 3.05) is 20.0 Å². The van der Waals surface area contributed by atoms with Gasteiger partial charge in [-0.05, 0) is 48.2 Å². The smallest absolute Gasteiger partial charge is 0.328 e. The SMILES string of the molecule is CCCCOc1cc(C=CC(=O)O)ccc1C=CCc1ccc(OS(C)(=O)=O)c(OC)c1. The first-order valence-corrected chi connectivity index (χ1v) is 11.9. The van der Waals surface area contributed by atoms with E-state index in [-0.39, 0.29) is 5.75 Å². The number of carboxylic acids is 1. The molecule has 2 aromatic carbocycles. The molecule has 8 heteroatoms. The van der Waals surface area contributed by atoms with E-state index in [1.807, 2.05) is 30.4 Å². The van der Waals surface area contributed by atoms with E-state index >= 15 is 0 Å². The minimum absolute atomic E-state index is 0.138. The number of methoxy groups -OCH3 is 1. The molecule has 0 aliphatic rings. The minimum Gasteiger partial charge on any atom is -0.493 e. The second-order valence-corrected chi connectivity index (χ2v) is 8.62. The number of carbonyl (C=O) groups is 1. The molecule has 0 heterocycles. The molecule has 2 aromatic rings. The number of aliphatic carboxylic acids is 1. The first-order chi connectivity index (χ1) is 15.2. The van der Waals surface area contributed by atoms with Crippen molar-refractivity contribution in [3.8, 4) is 17.2 Å². The first kappa shape index (κ1) is 25.0. The van der Waals surface area contributed by atoms with E-state index in [0.29, 0.717) is 24.5 Å². The second kappa shape index (κ2) is 12.0. The van der Waals surface area contributed by atoms with Crippen molar-refractivity contribution in [2.45, 2.75) is 26.2 Å². The van der Waals surface area contributed by atoms with Crippen molar-refractivity contribution in [1.82, 2.24) is 0 Å². The summed E-state index contributed by atoms with van der Waals surface area (Å²) in [6.45, 7) is 2.65.